The van der Waals surface area contributed by atoms with Crippen molar-refractivity contribution in [3.63, 3.8) is 0 Å². The number of nitrogens with one attached hydrogen (secondary N) is 3. The predicted octanol–water partition coefficient (Wildman–Crippen LogP) is 3.11. The van der Waals surface area contributed by atoms with Crippen LogP contribution in [0.25, 0.3) is 5.69 Å². The first-order chi connectivity index (χ1) is 24.3. The molecule has 1 heterocycles. The summed E-state index contributed by atoms with van der Waals surface area (Å²) < 4.78 is 65.3. The largest absolute Gasteiger partial charge is 0.480 e. The first-order valence-corrected chi connectivity index (χ1v) is 17.3. The monoisotopic (exact) mass is 741 g/mol. The van der Waals surface area contributed by atoms with Crippen molar-refractivity contribution < 1.29 is 41.4 Å². The van der Waals surface area contributed by atoms with Gasteiger partial charge in [-0.05, 0) is 75.7 Å². The van der Waals surface area contributed by atoms with Crippen LogP contribution in [0.1, 0.15) is 59.7 Å². The number of halogens is 2. The number of hydrogen-bond donors (Lipinski definition) is 4. The Morgan fingerprint density at radius 1 is 0.923 bits per heavy atom. The minimum Gasteiger partial charge on any atom is -0.480 e. The van der Waals surface area contributed by atoms with Crippen LogP contribution in [0.2, 0.25) is 0 Å². The van der Waals surface area contributed by atoms with Gasteiger partial charge in [-0.3, -0.25) is 23.7 Å². The third-order valence-corrected chi connectivity index (χ3v) is 8.95. The quantitative estimate of drug-likeness (QED) is 0.159. The molecular formula is C35H37F2N5O9S. The van der Waals surface area contributed by atoms with Gasteiger partial charge >= 0.3 is 11.7 Å². The topological polar surface area (TPSA) is 195 Å². The SMILES string of the molecule is CCOCc1cc(=O)n(-c2ccc(C[C@H](NC(=O)c3cc(F)c(NS(=O)(=O)c4ccc(C(=O)NC(C)(C)C)cc4)cc3F)C(=O)O)cc2)c(=O)n1C. The van der Waals surface area contributed by atoms with Crippen molar-refractivity contribution in [3.8, 4) is 5.69 Å². The highest BCUT2D eigenvalue weighted by Crippen LogP contribution is 2.24. The molecule has 0 radical (unpaired) electrons. The highest BCUT2D eigenvalue weighted by molar-refractivity contribution is 7.92. The number of carboxylic acid groups (broad SMARTS) is 1. The maximum absolute atomic E-state index is 15.1. The van der Waals surface area contributed by atoms with Crippen molar-refractivity contribution in [2.45, 2.75) is 57.2 Å². The summed E-state index contributed by atoms with van der Waals surface area (Å²) in [7, 11) is -2.99. The lowest BCUT2D eigenvalue weighted by molar-refractivity contribution is -0.139. The van der Waals surface area contributed by atoms with Crippen LogP contribution < -0.4 is 26.6 Å². The number of carbonyl (C=O) groups is 3. The molecule has 0 aliphatic carbocycles. The van der Waals surface area contributed by atoms with Crippen molar-refractivity contribution in [1.29, 1.82) is 0 Å². The average Bonchev–Trinajstić information content (AvgIpc) is 3.06. The molecule has 4 rings (SSSR count). The van der Waals surface area contributed by atoms with E-state index in [2.05, 4.69) is 10.6 Å². The molecule has 4 aromatic rings. The van der Waals surface area contributed by atoms with Crippen LogP contribution in [0, 0.1) is 11.6 Å². The zero-order chi connectivity index (χ0) is 38.5. The minimum absolute atomic E-state index is 0.0649. The molecule has 0 bridgehead atoms. The molecule has 52 heavy (non-hydrogen) atoms. The van der Waals surface area contributed by atoms with Gasteiger partial charge in [0.15, 0.2) is 0 Å². The van der Waals surface area contributed by atoms with E-state index in [0.717, 1.165) is 16.7 Å². The first kappa shape index (κ1) is 39.1. The molecule has 0 aliphatic rings. The molecule has 17 heteroatoms. The zero-order valence-corrected chi connectivity index (χ0v) is 29.6. The summed E-state index contributed by atoms with van der Waals surface area (Å²) in [5.41, 5.74) is -2.39. The van der Waals surface area contributed by atoms with Gasteiger partial charge in [0.1, 0.15) is 17.7 Å². The van der Waals surface area contributed by atoms with E-state index in [1.807, 2.05) is 4.72 Å². The third kappa shape index (κ3) is 9.35. The summed E-state index contributed by atoms with van der Waals surface area (Å²) in [5.74, 6) is -5.92. The van der Waals surface area contributed by atoms with E-state index in [0.29, 0.717) is 30.0 Å². The van der Waals surface area contributed by atoms with E-state index >= 15 is 8.78 Å². The molecule has 0 aliphatic heterocycles. The van der Waals surface area contributed by atoms with Crippen LogP contribution in [-0.2, 0) is 39.6 Å². The number of hydrogen-bond acceptors (Lipinski definition) is 8. The van der Waals surface area contributed by atoms with E-state index < -0.39 is 73.5 Å². The van der Waals surface area contributed by atoms with Gasteiger partial charge in [-0.1, -0.05) is 12.1 Å². The van der Waals surface area contributed by atoms with Crippen LogP contribution in [-0.4, -0.2) is 58.6 Å². The maximum Gasteiger partial charge on any atom is 0.335 e. The normalized spacial score (nSPS) is 12.2. The fourth-order valence-electron chi connectivity index (χ4n) is 4.91. The molecule has 3 aromatic carbocycles. The van der Waals surface area contributed by atoms with E-state index in [1.165, 1.54) is 54.1 Å². The second kappa shape index (κ2) is 15.7. The van der Waals surface area contributed by atoms with E-state index in [4.69, 9.17) is 4.74 Å². The van der Waals surface area contributed by atoms with Gasteiger partial charge in [-0.25, -0.2) is 31.4 Å². The number of carbonyl (C=O) groups excluding carboxylic acids is 2. The molecule has 0 fully saturated rings. The smallest absolute Gasteiger partial charge is 0.335 e. The van der Waals surface area contributed by atoms with Crippen molar-refractivity contribution in [2.24, 2.45) is 7.05 Å². The summed E-state index contributed by atoms with van der Waals surface area (Å²) in [6.07, 6.45) is -0.319. The standard InChI is InChI=1S/C35H37F2N5O9S/c1-6-51-19-23-16-30(43)42(34(48)41(23)5)22-11-7-20(8-12-22)15-29(33(46)47)38-32(45)25-17-27(37)28(18-26(25)36)40-52(49,50)24-13-9-21(10-14-24)31(44)39-35(2,3)4/h7-14,16-18,29,40H,6,15,19H2,1-5H3,(H,38,45)(H,39,44)(H,46,47)/t29-/m0/s1. The Balaban J connectivity index is 1.47. The molecule has 276 valence electrons. The Morgan fingerprint density at radius 3 is 2.13 bits per heavy atom. The van der Waals surface area contributed by atoms with E-state index in [-0.39, 0.29) is 29.2 Å². The summed E-state index contributed by atoms with van der Waals surface area (Å²) in [6, 6.07) is 10.9. The first-order valence-electron chi connectivity index (χ1n) is 15.8. The summed E-state index contributed by atoms with van der Waals surface area (Å²) in [4.78, 5) is 62.6. The minimum atomic E-state index is -4.47. The van der Waals surface area contributed by atoms with Gasteiger partial charge in [-0.2, -0.15) is 0 Å². The Morgan fingerprint density at radius 2 is 1.56 bits per heavy atom. The summed E-state index contributed by atoms with van der Waals surface area (Å²) >= 11 is 0. The Kier molecular flexibility index (Phi) is 11.8. The molecule has 1 atom stereocenters. The van der Waals surface area contributed by atoms with Gasteiger partial charge < -0.3 is 20.5 Å². The molecule has 2 amide bonds. The number of carboxylic acids is 1. The molecule has 4 N–H and O–H groups in total. The summed E-state index contributed by atoms with van der Waals surface area (Å²) in [6.45, 7) is 7.53. The van der Waals surface area contributed by atoms with E-state index in [9.17, 15) is 37.5 Å². The molecule has 1 aromatic heterocycles. The lowest BCUT2D eigenvalue weighted by Gasteiger charge is -2.20. The van der Waals surface area contributed by atoms with Gasteiger partial charge in [0.05, 0.1) is 34.1 Å². The number of nitrogens with zero attached hydrogens (tertiary/aromatic N) is 2. The Hall–Kier alpha value is -5.68. The molecule has 14 nitrogen and oxygen atoms in total. The van der Waals surface area contributed by atoms with Crippen molar-refractivity contribution >= 4 is 33.5 Å². The second-order valence-electron chi connectivity index (χ2n) is 12.7. The lowest BCUT2D eigenvalue weighted by atomic mass is 10.0. The van der Waals surface area contributed by atoms with Crippen molar-refractivity contribution in [2.75, 3.05) is 11.3 Å². The molecule has 0 unspecified atom stereocenters. The number of aromatic nitrogens is 2. The van der Waals surface area contributed by atoms with Crippen LogP contribution in [0.15, 0.2) is 81.2 Å². The average molecular weight is 742 g/mol. The van der Waals surface area contributed by atoms with Crippen LogP contribution >= 0.6 is 0 Å². The van der Waals surface area contributed by atoms with Gasteiger partial charge in [-0.15, -0.1) is 0 Å². The summed E-state index contributed by atoms with van der Waals surface area (Å²) in [5, 5.41) is 14.6. The van der Waals surface area contributed by atoms with Crippen LogP contribution in [0.5, 0.6) is 0 Å². The fourth-order valence-corrected chi connectivity index (χ4v) is 5.97. The van der Waals surface area contributed by atoms with Gasteiger partial charge in [0.25, 0.3) is 27.4 Å². The van der Waals surface area contributed by atoms with Crippen LogP contribution in [0.3, 0.4) is 0 Å². The number of amides is 2. The van der Waals surface area contributed by atoms with Crippen molar-refractivity contribution in [1.82, 2.24) is 19.8 Å². The molecular weight excluding hydrogens is 704 g/mol. The molecule has 0 saturated carbocycles. The Labute approximate surface area is 297 Å². The number of anilines is 1. The number of sulfonamides is 1. The third-order valence-electron chi connectivity index (χ3n) is 7.57. The number of aliphatic carboxylic acids is 1. The van der Waals surface area contributed by atoms with Crippen LogP contribution in [0.4, 0.5) is 14.5 Å². The van der Waals surface area contributed by atoms with Gasteiger partial charge in [0.2, 0.25) is 0 Å². The highest BCUT2D eigenvalue weighted by atomic mass is 32.2. The fraction of sp³-hybridized carbons (Fsp3) is 0.286. The zero-order valence-electron chi connectivity index (χ0n) is 28.8. The maximum atomic E-state index is 15.1. The number of benzene rings is 3. The molecule has 0 spiro atoms. The predicted molar refractivity (Wildman–Crippen MR) is 186 cm³/mol. The van der Waals surface area contributed by atoms with Crippen molar-refractivity contribution in [3.05, 3.63) is 122 Å². The number of ether oxygens (including phenoxy) is 1. The number of rotatable bonds is 13. The second-order valence-corrected chi connectivity index (χ2v) is 14.4. The van der Waals surface area contributed by atoms with Gasteiger partial charge in [0, 0.05) is 43.3 Å². The highest BCUT2D eigenvalue weighted by Gasteiger charge is 2.26. The Bertz CT molecular complexity index is 2230. The lowest BCUT2D eigenvalue weighted by Crippen LogP contribution is -2.42. The van der Waals surface area contributed by atoms with E-state index in [1.54, 1.807) is 27.7 Å². The molecule has 0 saturated heterocycles.